The van der Waals surface area contributed by atoms with E-state index < -0.39 is 11.6 Å². The number of Topliss-reactive ketones (excluding diaryl/α,β-unsaturated/α-hetero) is 4. The van der Waals surface area contributed by atoms with Crippen LogP contribution in [0.15, 0.2) is 48.5 Å². The van der Waals surface area contributed by atoms with Crippen LogP contribution in [0.25, 0.3) is 0 Å². The van der Waals surface area contributed by atoms with Crippen molar-refractivity contribution in [3.63, 3.8) is 0 Å². The van der Waals surface area contributed by atoms with E-state index in [9.17, 15) is 19.2 Å². The molecule has 0 saturated carbocycles. The predicted molar refractivity (Wildman–Crippen MR) is 118 cm³/mol. The molecule has 0 aromatic heterocycles. The van der Waals surface area contributed by atoms with Crippen molar-refractivity contribution in [2.24, 2.45) is 0 Å². The van der Waals surface area contributed by atoms with Gasteiger partial charge in [0.1, 0.15) is 0 Å². The van der Waals surface area contributed by atoms with Crippen molar-refractivity contribution >= 4 is 23.1 Å². The standard InChI is InChI=1S/C26H30O4/c1-19-11-15-21(16-12-19)25(29)23(27)9-7-5-3-4-6-8-10-24(28)26(30)22-17-13-20(2)14-18-22/h11-18H,3-10H2,1-2H3. The maximum Gasteiger partial charge on any atom is 0.228 e. The zero-order chi connectivity index (χ0) is 21.9. The lowest BCUT2D eigenvalue weighted by molar-refractivity contribution is -0.115. The highest BCUT2D eigenvalue weighted by atomic mass is 16.2. The zero-order valence-corrected chi connectivity index (χ0v) is 17.9. The molecule has 0 N–H and O–H groups in total. The summed E-state index contributed by atoms with van der Waals surface area (Å²) in [5.74, 6) is -1.49. The molecular formula is C26H30O4. The Morgan fingerprint density at radius 3 is 1.13 bits per heavy atom. The third kappa shape index (κ3) is 7.51. The molecule has 2 rings (SSSR count). The van der Waals surface area contributed by atoms with Gasteiger partial charge in [0.2, 0.25) is 23.1 Å². The van der Waals surface area contributed by atoms with Crippen LogP contribution in [-0.2, 0) is 9.59 Å². The molecule has 4 heteroatoms. The van der Waals surface area contributed by atoms with Gasteiger partial charge in [-0.25, -0.2) is 0 Å². The van der Waals surface area contributed by atoms with Crippen molar-refractivity contribution in [2.75, 3.05) is 0 Å². The Bertz CT molecular complexity index is 801. The molecule has 2 aromatic carbocycles. The Morgan fingerprint density at radius 1 is 0.500 bits per heavy atom. The molecule has 158 valence electrons. The molecule has 0 aliphatic rings. The van der Waals surface area contributed by atoms with E-state index in [-0.39, 0.29) is 24.4 Å². The number of carbonyl (C=O) groups excluding carboxylic acids is 4. The second-order valence-electron chi connectivity index (χ2n) is 7.86. The second kappa shape index (κ2) is 12.0. The zero-order valence-electron chi connectivity index (χ0n) is 17.9. The van der Waals surface area contributed by atoms with Crippen LogP contribution in [-0.4, -0.2) is 23.1 Å². The highest BCUT2D eigenvalue weighted by Crippen LogP contribution is 2.13. The summed E-state index contributed by atoms with van der Waals surface area (Å²) in [7, 11) is 0. The first-order valence-corrected chi connectivity index (χ1v) is 10.7. The monoisotopic (exact) mass is 406 g/mol. The molecule has 0 radical (unpaired) electrons. The average molecular weight is 407 g/mol. The van der Waals surface area contributed by atoms with Gasteiger partial charge in [-0.1, -0.05) is 85.3 Å². The molecule has 4 nitrogen and oxygen atoms in total. The lowest BCUT2D eigenvalue weighted by Crippen LogP contribution is -2.14. The van der Waals surface area contributed by atoms with Gasteiger partial charge in [0.05, 0.1) is 0 Å². The van der Waals surface area contributed by atoms with Crippen molar-refractivity contribution in [3.05, 3.63) is 70.8 Å². The largest absolute Gasteiger partial charge is 0.290 e. The SMILES string of the molecule is Cc1ccc(C(=O)C(=O)CCCCCCCCC(=O)C(=O)c2ccc(C)cc2)cc1. The summed E-state index contributed by atoms with van der Waals surface area (Å²) in [5, 5.41) is 0. The molecular weight excluding hydrogens is 376 g/mol. The van der Waals surface area contributed by atoms with Crippen LogP contribution in [0, 0.1) is 13.8 Å². The fraction of sp³-hybridized carbons (Fsp3) is 0.385. The fourth-order valence-electron chi connectivity index (χ4n) is 3.24. The Balaban J connectivity index is 1.55. The fourth-order valence-corrected chi connectivity index (χ4v) is 3.24. The summed E-state index contributed by atoms with van der Waals surface area (Å²) in [6.07, 6.45) is 5.60. The van der Waals surface area contributed by atoms with E-state index >= 15 is 0 Å². The Morgan fingerprint density at radius 2 is 0.800 bits per heavy atom. The van der Waals surface area contributed by atoms with Crippen molar-refractivity contribution in [1.82, 2.24) is 0 Å². The summed E-state index contributed by atoms with van der Waals surface area (Å²) in [6.45, 7) is 3.88. The number of ketones is 4. The number of aryl methyl sites for hydroxylation is 2. The number of rotatable bonds is 13. The van der Waals surface area contributed by atoms with Crippen LogP contribution in [0.3, 0.4) is 0 Å². The number of hydrogen-bond donors (Lipinski definition) is 0. The molecule has 0 heterocycles. The van der Waals surface area contributed by atoms with E-state index in [2.05, 4.69) is 0 Å². The van der Waals surface area contributed by atoms with Gasteiger partial charge in [0.25, 0.3) is 0 Å². The maximum atomic E-state index is 12.1. The topological polar surface area (TPSA) is 68.3 Å². The minimum absolute atomic E-state index is 0.274. The summed E-state index contributed by atoms with van der Waals surface area (Å²) >= 11 is 0. The first kappa shape index (κ1) is 23.4. The van der Waals surface area contributed by atoms with E-state index in [1.54, 1.807) is 24.3 Å². The highest BCUT2D eigenvalue weighted by Gasteiger charge is 2.16. The minimum Gasteiger partial charge on any atom is -0.290 e. The highest BCUT2D eigenvalue weighted by molar-refractivity contribution is 6.44. The smallest absolute Gasteiger partial charge is 0.228 e. The molecule has 30 heavy (non-hydrogen) atoms. The van der Waals surface area contributed by atoms with Crippen LogP contribution >= 0.6 is 0 Å². The second-order valence-corrected chi connectivity index (χ2v) is 7.86. The van der Waals surface area contributed by atoms with Gasteiger partial charge >= 0.3 is 0 Å². The van der Waals surface area contributed by atoms with Gasteiger partial charge in [0, 0.05) is 24.0 Å². The summed E-state index contributed by atoms with van der Waals surface area (Å²) < 4.78 is 0. The normalized spacial score (nSPS) is 10.6. The molecule has 0 spiro atoms. The van der Waals surface area contributed by atoms with Gasteiger partial charge in [0.15, 0.2) is 0 Å². The van der Waals surface area contributed by atoms with E-state index in [1.807, 2.05) is 38.1 Å². The van der Waals surface area contributed by atoms with Gasteiger partial charge < -0.3 is 0 Å². The summed E-state index contributed by atoms with van der Waals surface area (Å²) in [5.41, 5.74) is 3.02. The first-order chi connectivity index (χ1) is 14.4. The third-order valence-electron chi connectivity index (χ3n) is 5.19. The van der Waals surface area contributed by atoms with Crippen LogP contribution in [0.5, 0.6) is 0 Å². The lowest BCUT2D eigenvalue weighted by Gasteiger charge is -2.03. The van der Waals surface area contributed by atoms with Crippen LogP contribution in [0.1, 0.15) is 83.2 Å². The van der Waals surface area contributed by atoms with Crippen molar-refractivity contribution in [2.45, 2.75) is 65.2 Å². The van der Waals surface area contributed by atoms with E-state index in [0.717, 1.165) is 36.8 Å². The molecule has 0 aliphatic carbocycles. The summed E-state index contributed by atoms with van der Waals surface area (Å²) in [6, 6.07) is 14.1. The van der Waals surface area contributed by atoms with Crippen molar-refractivity contribution in [3.8, 4) is 0 Å². The van der Waals surface area contributed by atoms with Crippen LogP contribution in [0.2, 0.25) is 0 Å². The summed E-state index contributed by atoms with van der Waals surface area (Å²) in [4.78, 5) is 48.2. The quantitative estimate of drug-likeness (QED) is 0.246. The van der Waals surface area contributed by atoms with E-state index in [4.69, 9.17) is 0 Å². The molecule has 0 amide bonds. The van der Waals surface area contributed by atoms with E-state index in [1.165, 1.54) is 0 Å². The first-order valence-electron chi connectivity index (χ1n) is 10.7. The number of benzene rings is 2. The Labute approximate surface area is 178 Å². The van der Waals surface area contributed by atoms with Crippen molar-refractivity contribution < 1.29 is 19.2 Å². The molecule has 0 bridgehead atoms. The van der Waals surface area contributed by atoms with Crippen LogP contribution < -0.4 is 0 Å². The third-order valence-corrected chi connectivity index (χ3v) is 5.19. The Hall–Kier alpha value is -2.88. The van der Waals surface area contributed by atoms with Gasteiger partial charge in [-0.05, 0) is 26.7 Å². The maximum absolute atomic E-state index is 12.1. The average Bonchev–Trinajstić information content (AvgIpc) is 2.75. The molecule has 0 atom stereocenters. The molecule has 2 aromatic rings. The van der Waals surface area contributed by atoms with Gasteiger partial charge in [-0.3, -0.25) is 19.2 Å². The van der Waals surface area contributed by atoms with Gasteiger partial charge in [-0.2, -0.15) is 0 Å². The number of carbonyl (C=O) groups is 4. The minimum atomic E-state index is -0.410. The molecule has 0 aliphatic heterocycles. The number of unbranched alkanes of at least 4 members (excludes halogenated alkanes) is 5. The predicted octanol–water partition coefficient (Wildman–Crippen LogP) is 5.63. The lowest BCUT2D eigenvalue weighted by atomic mass is 10.00. The molecule has 0 saturated heterocycles. The molecule has 0 unspecified atom stereocenters. The van der Waals surface area contributed by atoms with Crippen LogP contribution in [0.4, 0.5) is 0 Å². The number of hydrogen-bond acceptors (Lipinski definition) is 4. The van der Waals surface area contributed by atoms with Gasteiger partial charge in [-0.15, -0.1) is 0 Å². The Kier molecular flexibility index (Phi) is 9.33. The van der Waals surface area contributed by atoms with E-state index in [0.29, 0.717) is 24.0 Å². The molecule has 0 fully saturated rings. The van der Waals surface area contributed by atoms with Crippen molar-refractivity contribution in [1.29, 1.82) is 0 Å².